The number of ether oxygens (including phenoxy) is 2. The van der Waals surface area contributed by atoms with E-state index >= 15 is 0 Å². The number of rotatable bonds is 8. The van der Waals surface area contributed by atoms with Gasteiger partial charge in [0.05, 0.1) is 26.4 Å². The van der Waals surface area contributed by atoms with Crippen molar-refractivity contribution in [2.24, 2.45) is 0 Å². The van der Waals surface area contributed by atoms with E-state index in [1.54, 1.807) is 12.2 Å². The fraction of sp³-hybridized carbons (Fsp3) is 0.400. The van der Waals surface area contributed by atoms with E-state index in [-0.39, 0.29) is 0 Å². The summed E-state index contributed by atoms with van der Waals surface area (Å²) in [4.78, 5) is 0. The number of hydrogen-bond acceptors (Lipinski definition) is 2. The number of halogens is 2. The van der Waals surface area contributed by atoms with Crippen molar-refractivity contribution >= 4 is 31.9 Å². The Morgan fingerprint density at radius 2 is 1.29 bits per heavy atom. The van der Waals surface area contributed by atoms with Gasteiger partial charge in [0.2, 0.25) is 0 Å². The van der Waals surface area contributed by atoms with Crippen molar-refractivity contribution < 1.29 is 9.47 Å². The fourth-order valence-corrected chi connectivity index (χ4v) is 1.17. The van der Waals surface area contributed by atoms with Gasteiger partial charge in [0, 0.05) is 8.96 Å². The van der Waals surface area contributed by atoms with Crippen molar-refractivity contribution in [1.29, 1.82) is 0 Å². The predicted octanol–water partition coefficient (Wildman–Crippen LogP) is 3.39. The Kier molecular flexibility index (Phi) is 9.72. The highest BCUT2D eigenvalue weighted by Gasteiger charge is 2.00. The van der Waals surface area contributed by atoms with E-state index in [2.05, 4.69) is 45.0 Å². The summed E-state index contributed by atoms with van der Waals surface area (Å²) in [5.41, 5.74) is 0. The largest absolute Gasteiger partial charge is 0.372 e. The predicted molar refractivity (Wildman–Crippen MR) is 66.9 cm³/mol. The molecule has 0 spiro atoms. The maximum atomic E-state index is 5.24. The van der Waals surface area contributed by atoms with Crippen molar-refractivity contribution in [1.82, 2.24) is 0 Å². The van der Waals surface area contributed by atoms with Gasteiger partial charge in [0.1, 0.15) is 0 Å². The van der Waals surface area contributed by atoms with Crippen LogP contribution in [0.1, 0.15) is 0 Å². The van der Waals surface area contributed by atoms with Gasteiger partial charge < -0.3 is 9.47 Å². The highest BCUT2D eigenvalue weighted by Crippen LogP contribution is 2.18. The van der Waals surface area contributed by atoms with Gasteiger partial charge in [0.15, 0.2) is 0 Å². The Labute approximate surface area is 102 Å². The fourth-order valence-electron chi connectivity index (χ4n) is 0.620. The van der Waals surface area contributed by atoms with Gasteiger partial charge >= 0.3 is 0 Å². The van der Waals surface area contributed by atoms with Gasteiger partial charge in [-0.3, -0.25) is 0 Å². The summed E-state index contributed by atoms with van der Waals surface area (Å²) in [5.74, 6) is 0. The molecular formula is C10H14Br2O2. The summed E-state index contributed by atoms with van der Waals surface area (Å²) in [6.45, 7) is 9.24. The average molecular weight is 326 g/mol. The van der Waals surface area contributed by atoms with Crippen LogP contribution in [0.2, 0.25) is 0 Å². The second-order valence-electron chi connectivity index (χ2n) is 2.42. The normalized spacial score (nSPS) is 12.1. The quantitative estimate of drug-likeness (QED) is 0.503. The first-order valence-electron chi connectivity index (χ1n) is 4.12. The topological polar surface area (TPSA) is 18.5 Å². The lowest BCUT2D eigenvalue weighted by molar-refractivity contribution is 0.182. The second-order valence-corrected chi connectivity index (χ2v) is 4.33. The van der Waals surface area contributed by atoms with Gasteiger partial charge in [-0.2, -0.15) is 0 Å². The van der Waals surface area contributed by atoms with Crippen LogP contribution in [0, 0.1) is 0 Å². The summed E-state index contributed by atoms with van der Waals surface area (Å²) in [5, 5.41) is 0. The van der Waals surface area contributed by atoms with Crippen molar-refractivity contribution in [3.8, 4) is 0 Å². The van der Waals surface area contributed by atoms with Crippen molar-refractivity contribution in [2.75, 3.05) is 26.4 Å². The zero-order valence-corrected chi connectivity index (χ0v) is 11.1. The molecule has 0 saturated heterocycles. The van der Waals surface area contributed by atoms with Crippen LogP contribution in [-0.2, 0) is 9.47 Å². The lowest BCUT2D eigenvalue weighted by Crippen LogP contribution is -1.99. The molecule has 4 heteroatoms. The molecule has 80 valence electrons. The SMILES string of the molecule is C=CCOC/C(Br)=C(\Br)COCC=C. The van der Waals surface area contributed by atoms with Gasteiger partial charge in [-0.05, 0) is 0 Å². The lowest BCUT2D eigenvalue weighted by atomic mass is 10.5. The summed E-state index contributed by atoms with van der Waals surface area (Å²) in [6, 6.07) is 0. The molecule has 0 rings (SSSR count). The average Bonchev–Trinajstić information content (AvgIpc) is 2.18. The smallest absolute Gasteiger partial charge is 0.0795 e. The van der Waals surface area contributed by atoms with Gasteiger partial charge in [-0.15, -0.1) is 13.2 Å². The van der Waals surface area contributed by atoms with Crippen LogP contribution in [0.4, 0.5) is 0 Å². The molecule has 0 heterocycles. The van der Waals surface area contributed by atoms with Gasteiger partial charge in [0.25, 0.3) is 0 Å². The molecule has 0 aliphatic rings. The maximum absolute atomic E-state index is 5.24. The zero-order valence-electron chi connectivity index (χ0n) is 7.97. The third-order valence-corrected chi connectivity index (χ3v) is 3.17. The highest BCUT2D eigenvalue weighted by molar-refractivity contribution is 9.14. The van der Waals surface area contributed by atoms with Gasteiger partial charge in [-0.1, -0.05) is 44.0 Å². The van der Waals surface area contributed by atoms with E-state index in [1.165, 1.54) is 0 Å². The van der Waals surface area contributed by atoms with Crippen LogP contribution < -0.4 is 0 Å². The third kappa shape index (κ3) is 7.50. The first kappa shape index (κ1) is 14.1. The molecule has 14 heavy (non-hydrogen) atoms. The summed E-state index contributed by atoms with van der Waals surface area (Å²) in [6.07, 6.45) is 3.42. The molecule has 0 aromatic carbocycles. The van der Waals surface area contributed by atoms with Crippen LogP contribution in [0.3, 0.4) is 0 Å². The summed E-state index contributed by atoms with van der Waals surface area (Å²) < 4.78 is 12.4. The minimum atomic E-state index is 0.518. The molecule has 0 aromatic rings. The van der Waals surface area contributed by atoms with E-state index in [4.69, 9.17) is 9.47 Å². The molecule has 0 saturated carbocycles. The summed E-state index contributed by atoms with van der Waals surface area (Å²) in [7, 11) is 0. The first-order chi connectivity index (χ1) is 6.72. The third-order valence-electron chi connectivity index (χ3n) is 1.22. The second kappa shape index (κ2) is 9.65. The highest BCUT2D eigenvalue weighted by atomic mass is 79.9. The molecule has 0 fully saturated rings. The Morgan fingerprint density at radius 3 is 1.57 bits per heavy atom. The molecule has 0 bridgehead atoms. The molecular weight excluding hydrogens is 312 g/mol. The minimum absolute atomic E-state index is 0.518. The van der Waals surface area contributed by atoms with Gasteiger partial charge in [-0.25, -0.2) is 0 Å². The Morgan fingerprint density at radius 1 is 0.929 bits per heavy atom. The first-order valence-corrected chi connectivity index (χ1v) is 5.71. The standard InChI is InChI=1S/C10H14Br2O2/c1-3-5-13-7-9(11)10(12)8-14-6-4-2/h3-4H,1-2,5-8H2/b10-9+. The maximum Gasteiger partial charge on any atom is 0.0795 e. The molecule has 2 nitrogen and oxygen atoms in total. The Hall–Kier alpha value is 0.100. The Bertz CT molecular complexity index is 190. The molecule has 0 atom stereocenters. The monoisotopic (exact) mass is 324 g/mol. The van der Waals surface area contributed by atoms with Crippen molar-refractivity contribution in [3.63, 3.8) is 0 Å². The molecule has 0 amide bonds. The van der Waals surface area contributed by atoms with Crippen LogP contribution in [0.5, 0.6) is 0 Å². The van der Waals surface area contributed by atoms with Crippen molar-refractivity contribution in [3.05, 3.63) is 34.3 Å². The molecule has 0 aliphatic carbocycles. The zero-order chi connectivity index (χ0) is 10.8. The van der Waals surface area contributed by atoms with E-state index in [1.807, 2.05) is 0 Å². The van der Waals surface area contributed by atoms with E-state index in [9.17, 15) is 0 Å². The van der Waals surface area contributed by atoms with E-state index in [0.29, 0.717) is 26.4 Å². The van der Waals surface area contributed by atoms with Crippen LogP contribution in [0.25, 0.3) is 0 Å². The molecule has 0 N–H and O–H groups in total. The summed E-state index contributed by atoms with van der Waals surface area (Å²) >= 11 is 6.79. The minimum Gasteiger partial charge on any atom is -0.372 e. The number of hydrogen-bond donors (Lipinski definition) is 0. The molecule has 0 aliphatic heterocycles. The van der Waals surface area contributed by atoms with E-state index < -0.39 is 0 Å². The van der Waals surface area contributed by atoms with E-state index in [0.717, 1.165) is 8.96 Å². The molecule has 0 unspecified atom stereocenters. The van der Waals surface area contributed by atoms with Crippen LogP contribution >= 0.6 is 31.9 Å². The Balaban J connectivity index is 3.76. The molecule has 0 radical (unpaired) electrons. The lowest BCUT2D eigenvalue weighted by Gasteiger charge is -2.05. The molecule has 0 aromatic heterocycles. The van der Waals surface area contributed by atoms with Crippen molar-refractivity contribution in [2.45, 2.75) is 0 Å². The van der Waals surface area contributed by atoms with Crippen LogP contribution in [0.15, 0.2) is 34.3 Å². The van der Waals surface area contributed by atoms with Crippen LogP contribution in [-0.4, -0.2) is 26.4 Å².